The third-order valence-electron chi connectivity index (χ3n) is 3.70. The van der Waals surface area contributed by atoms with Crippen molar-refractivity contribution in [3.05, 3.63) is 12.2 Å². The van der Waals surface area contributed by atoms with E-state index in [0.717, 1.165) is 12.8 Å². The van der Waals surface area contributed by atoms with Crippen molar-refractivity contribution in [2.45, 2.75) is 37.9 Å². The minimum absolute atomic E-state index is 0.164. The summed E-state index contributed by atoms with van der Waals surface area (Å²) in [4.78, 5) is 0. The second-order valence-corrected chi connectivity index (χ2v) is 4.40. The van der Waals surface area contributed by atoms with Crippen molar-refractivity contribution in [2.24, 2.45) is 11.8 Å². The molecule has 1 fully saturated rings. The van der Waals surface area contributed by atoms with Crippen LogP contribution >= 0.6 is 0 Å². The normalized spacial score (nSPS) is 45.2. The summed E-state index contributed by atoms with van der Waals surface area (Å²) in [6, 6.07) is 0. The van der Waals surface area contributed by atoms with E-state index in [0.29, 0.717) is 11.8 Å². The summed E-state index contributed by atoms with van der Waals surface area (Å²) >= 11 is 0. The second-order valence-electron chi connectivity index (χ2n) is 4.40. The molecule has 3 rings (SSSR count). The average molecular weight is 182 g/mol. The Morgan fingerprint density at radius 3 is 2.77 bits per heavy atom. The van der Waals surface area contributed by atoms with Gasteiger partial charge in [-0.25, -0.2) is 0 Å². The smallest absolute Gasteiger partial charge is 0.0911 e. The standard InChI is InChI=1S/C11H18O2/c1-8(12)10-7-9-3-5-11(10,13-2)6-4-9/h3,5,8-10,12H,4,6-7H2,1-2H3/t8-,9+,10+,11+/m1/s1. The number of methoxy groups -OCH3 is 1. The Bertz CT molecular complexity index is 222. The monoisotopic (exact) mass is 182 g/mol. The van der Waals surface area contributed by atoms with E-state index in [1.807, 2.05) is 6.92 Å². The predicted molar refractivity (Wildman–Crippen MR) is 51.4 cm³/mol. The first-order chi connectivity index (χ1) is 6.18. The molecular formula is C11H18O2. The molecule has 0 unspecified atom stereocenters. The lowest BCUT2D eigenvalue weighted by atomic mass is 9.64. The minimum atomic E-state index is -0.257. The van der Waals surface area contributed by atoms with Gasteiger partial charge in [-0.05, 0) is 32.1 Å². The number of rotatable bonds is 2. The summed E-state index contributed by atoms with van der Waals surface area (Å²) in [5, 5.41) is 9.68. The number of hydrogen-bond donors (Lipinski definition) is 1. The summed E-state index contributed by atoms with van der Waals surface area (Å²) < 4.78 is 5.59. The van der Waals surface area contributed by atoms with Gasteiger partial charge in [0.2, 0.25) is 0 Å². The van der Waals surface area contributed by atoms with Gasteiger partial charge < -0.3 is 9.84 Å². The molecule has 4 atom stereocenters. The summed E-state index contributed by atoms with van der Waals surface area (Å²) in [5.41, 5.74) is -0.164. The number of allylic oxidation sites excluding steroid dienone is 1. The molecule has 0 aromatic carbocycles. The van der Waals surface area contributed by atoms with Crippen LogP contribution in [0.5, 0.6) is 0 Å². The zero-order valence-corrected chi connectivity index (χ0v) is 8.36. The maximum Gasteiger partial charge on any atom is 0.0911 e. The van der Waals surface area contributed by atoms with Crippen molar-refractivity contribution in [1.29, 1.82) is 0 Å². The Hall–Kier alpha value is -0.340. The molecule has 0 radical (unpaired) electrons. The van der Waals surface area contributed by atoms with Crippen LogP contribution in [0.3, 0.4) is 0 Å². The van der Waals surface area contributed by atoms with Crippen molar-refractivity contribution >= 4 is 0 Å². The van der Waals surface area contributed by atoms with Crippen molar-refractivity contribution in [3.8, 4) is 0 Å². The van der Waals surface area contributed by atoms with Crippen LogP contribution in [0.4, 0.5) is 0 Å². The van der Waals surface area contributed by atoms with Gasteiger partial charge >= 0.3 is 0 Å². The maximum absolute atomic E-state index is 9.68. The van der Waals surface area contributed by atoms with Crippen molar-refractivity contribution in [1.82, 2.24) is 0 Å². The molecule has 2 bridgehead atoms. The first kappa shape index (κ1) is 9.22. The molecule has 2 heteroatoms. The molecule has 3 aliphatic carbocycles. The third kappa shape index (κ3) is 1.32. The highest BCUT2D eigenvalue weighted by atomic mass is 16.5. The van der Waals surface area contributed by atoms with Gasteiger partial charge in [0.15, 0.2) is 0 Å². The van der Waals surface area contributed by atoms with Gasteiger partial charge in [0.05, 0.1) is 11.7 Å². The van der Waals surface area contributed by atoms with Crippen molar-refractivity contribution in [3.63, 3.8) is 0 Å². The Balaban J connectivity index is 2.27. The zero-order chi connectivity index (χ0) is 9.47. The Kier molecular flexibility index (Phi) is 2.20. The predicted octanol–water partition coefficient (Wildman–Crippen LogP) is 1.74. The first-order valence-electron chi connectivity index (χ1n) is 5.10. The lowest BCUT2D eigenvalue weighted by Crippen LogP contribution is -2.50. The van der Waals surface area contributed by atoms with E-state index in [2.05, 4.69) is 12.2 Å². The fourth-order valence-electron chi connectivity index (χ4n) is 2.85. The molecule has 0 aromatic rings. The zero-order valence-electron chi connectivity index (χ0n) is 8.36. The lowest BCUT2D eigenvalue weighted by Gasteiger charge is -2.48. The Labute approximate surface area is 79.6 Å². The average Bonchev–Trinajstić information content (AvgIpc) is 2.19. The molecule has 1 saturated carbocycles. The molecule has 2 nitrogen and oxygen atoms in total. The van der Waals surface area contributed by atoms with Crippen LogP contribution in [0.1, 0.15) is 26.2 Å². The number of hydrogen-bond acceptors (Lipinski definition) is 2. The molecule has 3 aliphatic rings. The molecule has 1 N–H and O–H groups in total. The maximum atomic E-state index is 9.68. The molecule has 74 valence electrons. The highest BCUT2D eigenvalue weighted by molar-refractivity contribution is 5.17. The van der Waals surface area contributed by atoms with Crippen LogP contribution in [0, 0.1) is 11.8 Å². The largest absolute Gasteiger partial charge is 0.393 e. The van der Waals surface area contributed by atoms with Gasteiger partial charge in [-0.3, -0.25) is 0 Å². The van der Waals surface area contributed by atoms with Crippen LogP contribution in [0.2, 0.25) is 0 Å². The van der Waals surface area contributed by atoms with E-state index < -0.39 is 0 Å². The van der Waals surface area contributed by atoms with Gasteiger partial charge in [-0.15, -0.1) is 0 Å². The summed E-state index contributed by atoms with van der Waals surface area (Å²) in [6.45, 7) is 1.87. The van der Waals surface area contributed by atoms with Gasteiger partial charge in [0.25, 0.3) is 0 Å². The summed E-state index contributed by atoms with van der Waals surface area (Å²) in [7, 11) is 1.76. The molecule has 13 heavy (non-hydrogen) atoms. The van der Waals surface area contributed by atoms with Crippen LogP contribution < -0.4 is 0 Å². The molecule has 0 heterocycles. The third-order valence-corrected chi connectivity index (χ3v) is 3.70. The van der Waals surface area contributed by atoms with E-state index in [1.165, 1.54) is 6.42 Å². The van der Waals surface area contributed by atoms with Crippen LogP contribution in [0.15, 0.2) is 12.2 Å². The first-order valence-corrected chi connectivity index (χ1v) is 5.10. The van der Waals surface area contributed by atoms with Gasteiger partial charge in [-0.2, -0.15) is 0 Å². The Morgan fingerprint density at radius 2 is 2.38 bits per heavy atom. The van der Waals surface area contributed by atoms with Crippen molar-refractivity contribution < 1.29 is 9.84 Å². The highest BCUT2D eigenvalue weighted by Crippen LogP contribution is 2.46. The quantitative estimate of drug-likeness (QED) is 0.659. The van der Waals surface area contributed by atoms with E-state index in [1.54, 1.807) is 7.11 Å². The van der Waals surface area contributed by atoms with Crippen LogP contribution in [0.25, 0.3) is 0 Å². The Morgan fingerprint density at radius 1 is 1.62 bits per heavy atom. The fourth-order valence-corrected chi connectivity index (χ4v) is 2.85. The molecule has 0 aromatic heterocycles. The van der Waals surface area contributed by atoms with Crippen LogP contribution in [-0.2, 0) is 4.74 Å². The SMILES string of the molecule is CO[C@@]12C=C[C@@H](CC1)C[C@H]2[C@@H](C)O. The molecular weight excluding hydrogens is 164 g/mol. The molecule has 0 saturated heterocycles. The topological polar surface area (TPSA) is 29.5 Å². The van der Waals surface area contributed by atoms with E-state index in [9.17, 15) is 5.11 Å². The minimum Gasteiger partial charge on any atom is -0.393 e. The fraction of sp³-hybridized carbons (Fsp3) is 0.818. The number of aliphatic hydroxyl groups excluding tert-OH is 1. The van der Waals surface area contributed by atoms with Gasteiger partial charge in [0.1, 0.15) is 0 Å². The summed E-state index contributed by atoms with van der Waals surface area (Å²) in [6.07, 6.45) is 7.54. The molecule has 0 amide bonds. The lowest BCUT2D eigenvalue weighted by molar-refractivity contribution is -0.0994. The van der Waals surface area contributed by atoms with E-state index in [-0.39, 0.29) is 11.7 Å². The van der Waals surface area contributed by atoms with Gasteiger partial charge in [-0.1, -0.05) is 12.2 Å². The second kappa shape index (κ2) is 3.10. The molecule has 0 aliphatic heterocycles. The van der Waals surface area contributed by atoms with Crippen molar-refractivity contribution in [2.75, 3.05) is 7.11 Å². The number of fused-ring (bicyclic) bond motifs is 2. The highest BCUT2D eigenvalue weighted by Gasteiger charge is 2.46. The van der Waals surface area contributed by atoms with E-state index >= 15 is 0 Å². The summed E-state index contributed by atoms with van der Waals surface area (Å²) in [5.74, 6) is 0.970. The van der Waals surface area contributed by atoms with Gasteiger partial charge in [0, 0.05) is 13.0 Å². The van der Waals surface area contributed by atoms with E-state index in [4.69, 9.17) is 4.74 Å². The molecule has 0 spiro atoms. The number of ether oxygens (including phenoxy) is 1. The number of aliphatic hydroxyl groups is 1. The van der Waals surface area contributed by atoms with Crippen LogP contribution in [-0.4, -0.2) is 23.9 Å².